The zero-order valence-corrected chi connectivity index (χ0v) is 13.5. The second-order valence-electron chi connectivity index (χ2n) is 5.38. The van der Waals surface area contributed by atoms with Crippen LogP contribution in [0.1, 0.15) is 19.3 Å². The van der Waals surface area contributed by atoms with E-state index in [-0.39, 0.29) is 12.0 Å². The van der Waals surface area contributed by atoms with E-state index in [1.807, 2.05) is 12.1 Å². The molecule has 0 atom stereocenters. The van der Waals surface area contributed by atoms with E-state index in [0.717, 1.165) is 5.56 Å². The summed E-state index contributed by atoms with van der Waals surface area (Å²) in [4.78, 5) is 23.0. The number of hydrogen-bond acceptors (Lipinski definition) is 4. The van der Waals surface area contributed by atoms with Crippen LogP contribution in [0.5, 0.6) is 0 Å². The molecule has 24 heavy (non-hydrogen) atoms. The highest BCUT2D eigenvalue weighted by atomic mass is 35.5. The number of nitrogens with zero attached hydrogens (tertiary/aromatic N) is 4. The van der Waals surface area contributed by atoms with Gasteiger partial charge in [-0.3, -0.25) is 9.59 Å². The minimum Gasteiger partial charge on any atom is -0.481 e. The van der Waals surface area contributed by atoms with E-state index in [4.69, 9.17) is 16.7 Å². The summed E-state index contributed by atoms with van der Waals surface area (Å²) in [5.41, 5.74) is 1.69. The van der Waals surface area contributed by atoms with Crippen molar-refractivity contribution in [3.05, 3.63) is 52.0 Å². The second kappa shape index (κ2) is 6.84. The van der Waals surface area contributed by atoms with Crippen molar-refractivity contribution < 1.29 is 9.90 Å². The first kappa shape index (κ1) is 16.2. The van der Waals surface area contributed by atoms with Crippen molar-refractivity contribution in [3.8, 4) is 11.3 Å². The first-order chi connectivity index (χ1) is 11.5. The molecule has 3 rings (SSSR count). The van der Waals surface area contributed by atoms with Crippen molar-refractivity contribution in [2.45, 2.75) is 25.8 Å². The summed E-state index contributed by atoms with van der Waals surface area (Å²) in [6.07, 6.45) is 2.65. The molecule has 0 fully saturated rings. The predicted octanol–water partition coefficient (Wildman–Crippen LogP) is 2.47. The first-order valence-electron chi connectivity index (χ1n) is 7.48. The van der Waals surface area contributed by atoms with E-state index < -0.39 is 5.97 Å². The van der Waals surface area contributed by atoms with Crippen LogP contribution in [0.3, 0.4) is 0 Å². The maximum absolute atomic E-state index is 12.5. The highest BCUT2D eigenvalue weighted by Gasteiger charge is 2.10. The van der Waals surface area contributed by atoms with Gasteiger partial charge in [-0.2, -0.15) is 10.2 Å². The number of aromatic nitrogens is 4. The summed E-state index contributed by atoms with van der Waals surface area (Å²) in [6, 6.07) is 8.91. The van der Waals surface area contributed by atoms with Crippen LogP contribution in [-0.2, 0) is 11.3 Å². The van der Waals surface area contributed by atoms with Crippen LogP contribution in [0, 0.1) is 0 Å². The SMILES string of the molecule is O=C(O)CCCCn1ncn2nc(-c3ccc(Cl)cc3)cc2c1=O. The third-order valence-corrected chi connectivity index (χ3v) is 3.89. The summed E-state index contributed by atoms with van der Waals surface area (Å²) in [5, 5.41) is 17.7. The molecule has 2 heterocycles. The van der Waals surface area contributed by atoms with Gasteiger partial charge in [-0.05, 0) is 31.0 Å². The maximum atomic E-state index is 12.5. The van der Waals surface area contributed by atoms with E-state index in [9.17, 15) is 9.59 Å². The molecule has 0 amide bonds. The monoisotopic (exact) mass is 346 g/mol. The molecule has 0 aliphatic heterocycles. The Morgan fingerprint density at radius 1 is 1.21 bits per heavy atom. The Morgan fingerprint density at radius 3 is 2.67 bits per heavy atom. The average Bonchev–Trinajstić information content (AvgIpc) is 2.99. The van der Waals surface area contributed by atoms with Crippen LogP contribution in [0.15, 0.2) is 41.5 Å². The minimum absolute atomic E-state index is 0.0877. The predicted molar refractivity (Wildman–Crippen MR) is 89.2 cm³/mol. The third kappa shape index (κ3) is 3.46. The number of halogens is 1. The Bertz CT molecular complexity index is 931. The Kier molecular flexibility index (Phi) is 4.61. The van der Waals surface area contributed by atoms with Crippen molar-refractivity contribution in [3.63, 3.8) is 0 Å². The summed E-state index contributed by atoms with van der Waals surface area (Å²) in [5.74, 6) is -0.839. The molecule has 8 heteroatoms. The van der Waals surface area contributed by atoms with E-state index in [2.05, 4.69) is 10.2 Å². The van der Waals surface area contributed by atoms with E-state index >= 15 is 0 Å². The third-order valence-electron chi connectivity index (χ3n) is 3.64. The fourth-order valence-corrected chi connectivity index (χ4v) is 2.52. The van der Waals surface area contributed by atoms with Gasteiger partial charge < -0.3 is 5.11 Å². The molecule has 0 bridgehead atoms. The Balaban J connectivity index is 1.85. The zero-order chi connectivity index (χ0) is 17.1. The second-order valence-corrected chi connectivity index (χ2v) is 5.81. The highest BCUT2D eigenvalue weighted by molar-refractivity contribution is 6.30. The number of fused-ring (bicyclic) bond motifs is 1. The fraction of sp³-hybridized carbons (Fsp3) is 0.250. The van der Waals surface area contributed by atoms with Gasteiger partial charge in [0.25, 0.3) is 5.56 Å². The highest BCUT2D eigenvalue weighted by Crippen LogP contribution is 2.20. The molecule has 2 aromatic heterocycles. The molecule has 1 aromatic carbocycles. The fourth-order valence-electron chi connectivity index (χ4n) is 2.40. The molecule has 0 aliphatic carbocycles. The lowest BCUT2D eigenvalue weighted by Gasteiger charge is -2.03. The normalized spacial score (nSPS) is 11.0. The molecule has 124 valence electrons. The standard InChI is InChI=1S/C16H15ClN4O3/c17-12-6-4-11(5-7-12)13-9-14-16(24)20(18-10-21(14)19-13)8-2-1-3-15(22)23/h4-7,9-10H,1-3,8H2,(H,22,23). The molecular weight excluding hydrogens is 332 g/mol. The topological polar surface area (TPSA) is 89.5 Å². The summed E-state index contributed by atoms with van der Waals surface area (Å²) in [7, 11) is 0. The Morgan fingerprint density at radius 2 is 1.96 bits per heavy atom. The number of carboxylic acids is 1. The number of carboxylic acid groups (broad SMARTS) is 1. The Labute approximate surface area is 142 Å². The number of rotatable bonds is 6. The number of unbranched alkanes of at least 4 members (excludes halogenated alkanes) is 1. The van der Waals surface area contributed by atoms with Crippen LogP contribution < -0.4 is 5.56 Å². The molecule has 0 radical (unpaired) electrons. The molecule has 0 saturated heterocycles. The minimum atomic E-state index is -0.839. The van der Waals surface area contributed by atoms with Crippen molar-refractivity contribution in [2.24, 2.45) is 0 Å². The summed E-state index contributed by atoms with van der Waals surface area (Å²) >= 11 is 5.88. The molecule has 0 spiro atoms. The maximum Gasteiger partial charge on any atom is 0.303 e. The van der Waals surface area contributed by atoms with E-state index in [0.29, 0.717) is 35.6 Å². The van der Waals surface area contributed by atoms with Gasteiger partial charge in [-0.1, -0.05) is 23.7 Å². The van der Waals surface area contributed by atoms with Gasteiger partial charge in [-0.15, -0.1) is 0 Å². The quantitative estimate of drug-likeness (QED) is 0.692. The van der Waals surface area contributed by atoms with Crippen LogP contribution in [0.4, 0.5) is 0 Å². The van der Waals surface area contributed by atoms with Crippen LogP contribution in [-0.4, -0.2) is 30.5 Å². The number of aliphatic carboxylic acids is 1. The van der Waals surface area contributed by atoms with Gasteiger partial charge in [0.2, 0.25) is 0 Å². The number of aryl methyl sites for hydroxylation is 1. The molecule has 0 aliphatic rings. The Hall–Kier alpha value is -2.67. The lowest BCUT2D eigenvalue weighted by Crippen LogP contribution is -2.24. The number of benzene rings is 1. The number of carbonyl (C=O) groups is 1. The van der Waals surface area contributed by atoms with Gasteiger partial charge in [0.05, 0.1) is 5.69 Å². The summed E-state index contributed by atoms with van der Waals surface area (Å²) < 4.78 is 2.78. The van der Waals surface area contributed by atoms with Gasteiger partial charge in [-0.25, -0.2) is 9.20 Å². The first-order valence-corrected chi connectivity index (χ1v) is 7.85. The van der Waals surface area contributed by atoms with Gasteiger partial charge in [0.1, 0.15) is 11.8 Å². The van der Waals surface area contributed by atoms with Gasteiger partial charge >= 0.3 is 5.97 Å². The average molecular weight is 347 g/mol. The van der Waals surface area contributed by atoms with Gasteiger partial charge in [0, 0.05) is 23.6 Å². The van der Waals surface area contributed by atoms with Crippen molar-refractivity contribution in [1.82, 2.24) is 19.4 Å². The smallest absolute Gasteiger partial charge is 0.303 e. The van der Waals surface area contributed by atoms with E-state index in [1.54, 1.807) is 18.2 Å². The molecular formula is C16H15ClN4O3. The molecule has 3 aromatic rings. The zero-order valence-electron chi connectivity index (χ0n) is 12.7. The van der Waals surface area contributed by atoms with Gasteiger partial charge in [0.15, 0.2) is 0 Å². The number of hydrogen-bond donors (Lipinski definition) is 1. The van der Waals surface area contributed by atoms with Crippen molar-refractivity contribution in [1.29, 1.82) is 0 Å². The van der Waals surface area contributed by atoms with Crippen LogP contribution in [0.25, 0.3) is 16.8 Å². The molecule has 7 nitrogen and oxygen atoms in total. The van der Waals surface area contributed by atoms with Crippen molar-refractivity contribution in [2.75, 3.05) is 0 Å². The lowest BCUT2D eigenvalue weighted by atomic mass is 10.1. The largest absolute Gasteiger partial charge is 0.481 e. The van der Waals surface area contributed by atoms with Crippen LogP contribution in [0.2, 0.25) is 5.02 Å². The van der Waals surface area contributed by atoms with E-state index in [1.165, 1.54) is 15.5 Å². The molecule has 0 unspecified atom stereocenters. The van der Waals surface area contributed by atoms with Crippen LogP contribution >= 0.6 is 11.6 Å². The van der Waals surface area contributed by atoms with Crippen molar-refractivity contribution >= 4 is 23.1 Å². The molecule has 1 N–H and O–H groups in total. The molecule has 0 saturated carbocycles. The lowest BCUT2D eigenvalue weighted by molar-refractivity contribution is -0.137. The summed E-state index contributed by atoms with van der Waals surface area (Å²) in [6.45, 7) is 0.379.